The number of allylic oxidation sites excluding steroid dienone is 2. The second kappa shape index (κ2) is 8.08. The molecule has 0 spiro atoms. The van der Waals surface area contributed by atoms with Gasteiger partial charge < -0.3 is 4.90 Å². The minimum absolute atomic E-state index is 0.0756. The molecule has 1 amide bonds. The maximum atomic E-state index is 13.3. The first-order valence-corrected chi connectivity index (χ1v) is 8.94. The van der Waals surface area contributed by atoms with E-state index in [9.17, 15) is 22.8 Å². The molecule has 152 valence electrons. The van der Waals surface area contributed by atoms with Gasteiger partial charge in [0.1, 0.15) is 6.07 Å². The molecular weight excluding hydrogens is 383 g/mol. The number of amides is 1. The Morgan fingerprint density at radius 3 is 2.48 bits per heavy atom. The van der Waals surface area contributed by atoms with Crippen LogP contribution in [0.25, 0.3) is 0 Å². The van der Waals surface area contributed by atoms with Crippen LogP contribution in [-0.4, -0.2) is 30.2 Å². The van der Waals surface area contributed by atoms with Crippen LogP contribution < -0.4 is 0 Å². The van der Waals surface area contributed by atoms with E-state index in [0.29, 0.717) is 18.9 Å². The third kappa shape index (κ3) is 4.83. The first-order valence-electron chi connectivity index (χ1n) is 8.94. The smallest absolute Gasteiger partial charge is 0.342 e. The summed E-state index contributed by atoms with van der Waals surface area (Å²) in [4.78, 5) is 25.9. The molecule has 0 aromatic heterocycles. The minimum Gasteiger partial charge on any atom is -0.342 e. The standard InChI is InChI=1S/C21H20F3N3O2/c1-20(2)10-13(8-15(12-26)18(20)28)6-7-27(3)19(29)16-5-4-14(11-25)9-17(16)21(22,23)24/h4-5,8-9,13H,6-7,10H2,1-3H3/t13-/m0/s1. The summed E-state index contributed by atoms with van der Waals surface area (Å²) in [5.74, 6) is -1.18. The largest absolute Gasteiger partial charge is 0.417 e. The Labute approximate surface area is 167 Å². The highest BCUT2D eigenvalue weighted by Crippen LogP contribution is 2.37. The van der Waals surface area contributed by atoms with E-state index in [2.05, 4.69) is 0 Å². The zero-order valence-electron chi connectivity index (χ0n) is 16.3. The first kappa shape index (κ1) is 22.2. The molecule has 0 heterocycles. The average Bonchev–Trinajstić information content (AvgIpc) is 2.66. The highest BCUT2D eigenvalue weighted by molar-refractivity contribution is 6.03. The molecule has 1 aromatic carbocycles. The fourth-order valence-corrected chi connectivity index (χ4v) is 3.46. The summed E-state index contributed by atoms with van der Waals surface area (Å²) in [6, 6.07) is 6.38. The van der Waals surface area contributed by atoms with Crippen molar-refractivity contribution >= 4 is 11.7 Å². The summed E-state index contributed by atoms with van der Waals surface area (Å²) in [5, 5.41) is 18.0. The van der Waals surface area contributed by atoms with Crippen molar-refractivity contribution in [3.8, 4) is 12.1 Å². The van der Waals surface area contributed by atoms with Gasteiger partial charge in [-0.2, -0.15) is 23.7 Å². The van der Waals surface area contributed by atoms with Crippen molar-refractivity contribution < 1.29 is 22.8 Å². The molecule has 5 nitrogen and oxygen atoms in total. The van der Waals surface area contributed by atoms with E-state index in [4.69, 9.17) is 10.5 Å². The van der Waals surface area contributed by atoms with E-state index in [1.165, 1.54) is 18.0 Å². The van der Waals surface area contributed by atoms with Gasteiger partial charge in [0.25, 0.3) is 5.91 Å². The highest BCUT2D eigenvalue weighted by Gasteiger charge is 2.38. The number of halogens is 3. The van der Waals surface area contributed by atoms with Gasteiger partial charge in [0.2, 0.25) is 0 Å². The van der Waals surface area contributed by atoms with Crippen molar-refractivity contribution in [1.29, 1.82) is 10.5 Å². The molecule has 0 unspecified atom stereocenters. The zero-order valence-corrected chi connectivity index (χ0v) is 16.3. The van der Waals surface area contributed by atoms with Crippen LogP contribution in [0.15, 0.2) is 29.8 Å². The Kier molecular flexibility index (Phi) is 6.18. The van der Waals surface area contributed by atoms with Crippen molar-refractivity contribution in [3.63, 3.8) is 0 Å². The number of alkyl halides is 3. The van der Waals surface area contributed by atoms with E-state index in [1.807, 2.05) is 6.07 Å². The number of nitriles is 2. The van der Waals surface area contributed by atoms with Crippen molar-refractivity contribution in [2.24, 2.45) is 11.3 Å². The van der Waals surface area contributed by atoms with Gasteiger partial charge in [-0.15, -0.1) is 0 Å². The van der Waals surface area contributed by atoms with Crippen LogP contribution in [0, 0.1) is 34.0 Å². The summed E-state index contributed by atoms with van der Waals surface area (Å²) in [5.41, 5.74) is -2.48. The van der Waals surface area contributed by atoms with E-state index < -0.39 is 28.6 Å². The van der Waals surface area contributed by atoms with E-state index in [-0.39, 0.29) is 29.4 Å². The molecule has 1 aliphatic carbocycles. The molecule has 1 aromatic rings. The van der Waals surface area contributed by atoms with Gasteiger partial charge in [-0.05, 0) is 37.0 Å². The van der Waals surface area contributed by atoms with Gasteiger partial charge in [-0.1, -0.05) is 19.9 Å². The summed E-state index contributed by atoms with van der Waals surface area (Å²) in [6.45, 7) is 3.64. The Morgan fingerprint density at radius 2 is 1.93 bits per heavy atom. The van der Waals surface area contributed by atoms with Crippen LogP contribution >= 0.6 is 0 Å². The van der Waals surface area contributed by atoms with Crippen LogP contribution in [-0.2, 0) is 11.0 Å². The second-order valence-electron chi connectivity index (χ2n) is 7.75. The Balaban J connectivity index is 2.19. The van der Waals surface area contributed by atoms with Crippen LogP contribution in [0.5, 0.6) is 0 Å². The van der Waals surface area contributed by atoms with Crippen molar-refractivity contribution in [2.75, 3.05) is 13.6 Å². The van der Waals surface area contributed by atoms with Crippen LogP contribution in [0.2, 0.25) is 0 Å². The van der Waals surface area contributed by atoms with Gasteiger partial charge in [0.15, 0.2) is 5.78 Å². The van der Waals surface area contributed by atoms with Crippen LogP contribution in [0.1, 0.15) is 48.2 Å². The average molecular weight is 403 g/mol. The molecule has 0 aliphatic heterocycles. The summed E-state index contributed by atoms with van der Waals surface area (Å²) < 4.78 is 40.0. The van der Waals surface area contributed by atoms with Crippen molar-refractivity contribution in [2.45, 2.75) is 32.9 Å². The summed E-state index contributed by atoms with van der Waals surface area (Å²) >= 11 is 0. The minimum atomic E-state index is -4.77. The molecule has 0 saturated carbocycles. The number of ketones is 1. The van der Waals surface area contributed by atoms with Gasteiger partial charge >= 0.3 is 6.18 Å². The Morgan fingerprint density at radius 1 is 1.28 bits per heavy atom. The number of hydrogen-bond acceptors (Lipinski definition) is 4. The van der Waals surface area contributed by atoms with E-state index in [0.717, 1.165) is 6.07 Å². The molecule has 0 N–H and O–H groups in total. The number of carbonyl (C=O) groups excluding carboxylic acids is 2. The number of hydrogen-bond donors (Lipinski definition) is 0. The lowest BCUT2D eigenvalue weighted by Crippen LogP contribution is -2.35. The normalized spacial score (nSPS) is 18.4. The molecule has 1 atom stereocenters. The van der Waals surface area contributed by atoms with E-state index in [1.54, 1.807) is 26.0 Å². The van der Waals surface area contributed by atoms with Crippen LogP contribution in [0.4, 0.5) is 13.2 Å². The third-order valence-electron chi connectivity index (χ3n) is 5.02. The number of rotatable bonds is 4. The molecule has 2 rings (SSSR count). The lowest BCUT2D eigenvalue weighted by molar-refractivity contribution is -0.138. The molecule has 0 saturated heterocycles. The van der Waals surface area contributed by atoms with Crippen molar-refractivity contribution in [1.82, 2.24) is 4.90 Å². The number of carbonyl (C=O) groups is 2. The molecule has 0 fully saturated rings. The fourth-order valence-electron chi connectivity index (χ4n) is 3.46. The second-order valence-corrected chi connectivity index (χ2v) is 7.75. The predicted molar refractivity (Wildman–Crippen MR) is 98.3 cm³/mol. The number of nitrogens with zero attached hydrogens (tertiary/aromatic N) is 3. The Hall–Kier alpha value is -3.13. The summed E-state index contributed by atoms with van der Waals surface area (Å²) in [7, 11) is 1.40. The molecule has 1 aliphatic rings. The van der Waals surface area contributed by atoms with Gasteiger partial charge in [0, 0.05) is 19.0 Å². The highest BCUT2D eigenvalue weighted by atomic mass is 19.4. The van der Waals surface area contributed by atoms with Gasteiger partial charge in [0.05, 0.1) is 28.3 Å². The predicted octanol–water partition coefficient (Wildman–Crippen LogP) is 4.10. The quantitative estimate of drug-likeness (QED) is 0.757. The Bertz CT molecular complexity index is 949. The molecular formula is C21H20F3N3O2. The number of benzene rings is 1. The zero-order chi connectivity index (χ0) is 22.0. The SMILES string of the molecule is CN(CC[C@H]1C=C(C#N)C(=O)C(C)(C)C1)C(=O)c1ccc(C#N)cc1C(F)(F)F. The monoisotopic (exact) mass is 403 g/mol. The number of Topliss-reactive ketones (excluding diaryl/α,β-unsaturated/α-hetero) is 1. The maximum Gasteiger partial charge on any atom is 0.417 e. The van der Waals surface area contributed by atoms with Gasteiger partial charge in [-0.3, -0.25) is 9.59 Å². The molecule has 29 heavy (non-hydrogen) atoms. The van der Waals surface area contributed by atoms with E-state index >= 15 is 0 Å². The molecule has 8 heteroatoms. The van der Waals surface area contributed by atoms with Crippen LogP contribution in [0.3, 0.4) is 0 Å². The van der Waals surface area contributed by atoms with Crippen molar-refractivity contribution in [3.05, 3.63) is 46.5 Å². The summed E-state index contributed by atoms with van der Waals surface area (Å²) in [6.07, 6.45) is -2.29. The van der Waals surface area contributed by atoms with Gasteiger partial charge in [-0.25, -0.2) is 0 Å². The topological polar surface area (TPSA) is 85.0 Å². The lowest BCUT2D eigenvalue weighted by Gasteiger charge is -2.32. The first-order chi connectivity index (χ1) is 13.4. The third-order valence-corrected chi connectivity index (χ3v) is 5.02. The maximum absolute atomic E-state index is 13.3. The molecule has 0 radical (unpaired) electrons. The fraction of sp³-hybridized carbons (Fsp3) is 0.429. The molecule has 0 bridgehead atoms. The lowest BCUT2D eigenvalue weighted by atomic mass is 9.71.